The highest BCUT2D eigenvalue weighted by Gasteiger charge is 2.31. The summed E-state index contributed by atoms with van der Waals surface area (Å²) in [5.41, 5.74) is 5.33. The number of sulfone groups is 1. The molecule has 0 spiro atoms. The Morgan fingerprint density at radius 1 is 1.06 bits per heavy atom. The summed E-state index contributed by atoms with van der Waals surface area (Å²) in [7, 11) is -4.04. The van der Waals surface area contributed by atoms with Gasteiger partial charge in [0.25, 0.3) is 0 Å². The van der Waals surface area contributed by atoms with E-state index in [4.69, 9.17) is 15.2 Å². The van der Waals surface area contributed by atoms with Gasteiger partial charge in [0.2, 0.25) is 11.8 Å². The molecule has 2 N–H and O–H groups in total. The molecule has 34 heavy (non-hydrogen) atoms. The number of nitrogens with two attached hydrogens (primary N) is 1. The van der Waals surface area contributed by atoms with Crippen LogP contribution in [0.4, 0.5) is 13.2 Å². The second-order valence-electron chi connectivity index (χ2n) is 6.86. The van der Waals surface area contributed by atoms with Crippen LogP contribution in [-0.2, 0) is 9.84 Å². The zero-order valence-corrected chi connectivity index (χ0v) is 18.7. The maximum Gasteiger partial charge on any atom is 0.573 e. The summed E-state index contributed by atoms with van der Waals surface area (Å²) >= 11 is 0. The van der Waals surface area contributed by atoms with Crippen LogP contribution in [0.2, 0.25) is 0 Å². The molecule has 8 nitrogen and oxygen atoms in total. The molecule has 0 aliphatic carbocycles. The van der Waals surface area contributed by atoms with E-state index in [2.05, 4.69) is 9.72 Å². The Hall–Kier alpha value is -3.80. The Balaban J connectivity index is 2.22. The van der Waals surface area contributed by atoms with Gasteiger partial charge in [-0.05, 0) is 55.5 Å². The lowest BCUT2D eigenvalue weighted by atomic mass is 10.0. The van der Waals surface area contributed by atoms with Crippen molar-refractivity contribution in [3.8, 4) is 34.3 Å². The number of benzene rings is 2. The predicted molar refractivity (Wildman–Crippen MR) is 116 cm³/mol. The number of alkyl halides is 3. The Kier molecular flexibility index (Phi) is 7.01. The Morgan fingerprint density at radius 2 is 1.71 bits per heavy atom. The lowest BCUT2D eigenvalue weighted by Crippen LogP contribution is -2.17. The van der Waals surface area contributed by atoms with Gasteiger partial charge in [0.05, 0.1) is 17.1 Å². The second kappa shape index (κ2) is 9.59. The normalized spacial score (nSPS) is 11.7. The highest BCUT2D eigenvalue weighted by Crippen LogP contribution is 2.43. The Morgan fingerprint density at radius 3 is 2.26 bits per heavy atom. The molecule has 180 valence electrons. The Labute approximate surface area is 193 Å². The zero-order valence-electron chi connectivity index (χ0n) is 17.9. The molecule has 1 amide bonds. The molecule has 0 aliphatic rings. The standard InChI is InChI=1S/C22H19F3N2O6S/c1-3-31-21-15(5-4-12-27-21)18-17(11-10-16(20(26)28)19(18)34(2,29)30)32-13-6-8-14(9-7-13)33-22(23,24)25/h4-12H,3H2,1-2H3,(H2,26,28). The molecule has 3 rings (SSSR count). The number of pyridine rings is 1. The molecular formula is C22H19F3N2O6S. The van der Waals surface area contributed by atoms with Crippen molar-refractivity contribution >= 4 is 15.7 Å². The predicted octanol–water partition coefficient (Wildman–Crippen LogP) is 4.34. The third kappa shape index (κ3) is 5.76. The highest BCUT2D eigenvalue weighted by molar-refractivity contribution is 7.91. The van der Waals surface area contributed by atoms with Crippen LogP contribution in [0.25, 0.3) is 11.1 Å². The minimum atomic E-state index is -4.86. The van der Waals surface area contributed by atoms with Crippen LogP contribution < -0.4 is 19.9 Å². The van der Waals surface area contributed by atoms with Gasteiger partial charge in [0.1, 0.15) is 17.2 Å². The van der Waals surface area contributed by atoms with Gasteiger partial charge in [0.15, 0.2) is 9.84 Å². The fourth-order valence-corrected chi connectivity index (χ4v) is 4.30. The SMILES string of the molecule is CCOc1ncccc1-c1c(Oc2ccc(OC(F)(F)F)cc2)ccc(C(N)=O)c1S(C)(=O)=O. The van der Waals surface area contributed by atoms with E-state index < -0.39 is 32.8 Å². The largest absolute Gasteiger partial charge is 0.573 e. The van der Waals surface area contributed by atoms with E-state index in [1.807, 2.05) is 0 Å². The number of aromatic nitrogens is 1. The molecule has 1 heterocycles. The van der Waals surface area contributed by atoms with Gasteiger partial charge in [-0.2, -0.15) is 0 Å². The average Bonchev–Trinajstić information content (AvgIpc) is 2.74. The van der Waals surface area contributed by atoms with E-state index >= 15 is 0 Å². The van der Waals surface area contributed by atoms with Gasteiger partial charge in [-0.15, -0.1) is 13.2 Å². The number of carbonyl (C=O) groups excluding carboxylic acids is 1. The molecule has 0 unspecified atom stereocenters. The molecule has 0 saturated carbocycles. The van der Waals surface area contributed by atoms with Crippen molar-refractivity contribution in [1.82, 2.24) is 4.98 Å². The molecule has 3 aromatic rings. The summed E-state index contributed by atoms with van der Waals surface area (Å²) in [4.78, 5) is 15.8. The van der Waals surface area contributed by atoms with Crippen molar-refractivity contribution in [2.24, 2.45) is 5.73 Å². The van der Waals surface area contributed by atoms with Gasteiger partial charge in [0, 0.05) is 23.6 Å². The van der Waals surface area contributed by atoms with E-state index in [1.165, 1.54) is 42.6 Å². The average molecular weight is 496 g/mol. The van der Waals surface area contributed by atoms with Crippen molar-refractivity contribution in [2.45, 2.75) is 18.2 Å². The van der Waals surface area contributed by atoms with Crippen LogP contribution in [0.3, 0.4) is 0 Å². The van der Waals surface area contributed by atoms with Crippen molar-refractivity contribution in [3.05, 3.63) is 60.3 Å². The lowest BCUT2D eigenvalue weighted by molar-refractivity contribution is -0.274. The molecule has 0 atom stereocenters. The second-order valence-corrected chi connectivity index (χ2v) is 8.81. The first kappa shape index (κ1) is 24.8. The van der Waals surface area contributed by atoms with Gasteiger partial charge < -0.3 is 19.9 Å². The summed E-state index contributed by atoms with van der Waals surface area (Å²) in [6.07, 6.45) is -2.52. The van der Waals surface area contributed by atoms with Crippen molar-refractivity contribution in [2.75, 3.05) is 12.9 Å². The van der Waals surface area contributed by atoms with Gasteiger partial charge >= 0.3 is 6.36 Å². The van der Waals surface area contributed by atoms with Gasteiger partial charge in [-0.1, -0.05) is 0 Å². The summed E-state index contributed by atoms with van der Waals surface area (Å²) in [5, 5.41) is 0. The number of hydrogen-bond donors (Lipinski definition) is 1. The van der Waals surface area contributed by atoms with Crippen LogP contribution >= 0.6 is 0 Å². The summed E-state index contributed by atoms with van der Waals surface area (Å²) < 4.78 is 78.0. The number of carbonyl (C=O) groups is 1. The molecule has 12 heteroatoms. The smallest absolute Gasteiger partial charge is 0.478 e. The minimum Gasteiger partial charge on any atom is -0.478 e. The van der Waals surface area contributed by atoms with Crippen LogP contribution in [-0.4, -0.2) is 38.5 Å². The molecular weight excluding hydrogens is 477 g/mol. The fraction of sp³-hybridized carbons (Fsp3) is 0.182. The van der Waals surface area contributed by atoms with Crippen LogP contribution in [0.5, 0.6) is 23.1 Å². The molecule has 0 fully saturated rings. The maximum absolute atomic E-state index is 12.8. The minimum absolute atomic E-state index is 0.0242. The number of rotatable bonds is 8. The molecule has 0 bridgehead atoms. The molecule has 0 aliphatic heterocycles. The van der Waals surface area contributed by atoms with E-state index in [0.29, 0.717) is 0 Å². The molecule has 0 saturated heterocycles. The number of nitrogens with zero attached hydrogens (tertiary/aromatic N) is 1. The Bertz CT molecular complexity index is 1310. The first-order valence-corrected chi connectivity index (χ1v) is 11.6. The highest BCUT2D eigenvalue weighted by atomic mass is 32.2. The number of hydrogen-bond acceptors (Lipinski definition) is 7. The zero-order chi connectivity index (χ0) is 25.1. The molecule has 0 radical (unpaired) electrons. The van der Waals surface area contributed by atoms with E-state index in [-0.39, 0.29) is 40.7 Å². The molecule has 1 aromatic heterocycles. The van der Waals surface area contributed by atoms with Crippen LogP contribution in [0.1, 0.15) is 17.3 Å². The van der Waals surface area contributed by atoms with E-state index in [0.717, 1.165) is 18.4 Å². The van der Waals surface area contributed by atoms with Gasteiger partial charge in [-0.3, -0.25) is 4.79 Å². The topological polar surface area (TPSA) is 118 Å². The van der Waals surface area contributed by atoms with Crippen molar-refractivity contribution in [3.63, 3.8) is 0 Å². The number of amides is 1. The summed E-state index contributed by atoms with van der Waals surface area (Å²) in [5.74, 6) is -1.32. The molecule has 2 aromatic carbocycles. The first-order valence-electron chi connectivity index (χ1n) is 9.69. The van der Waals surface area contributed by atoms with E-state index in [1.54, 1.807) is 6.92 Å². The number of primary amides is 1. The fourth-order valence-electron chi connectivity index (χ4n) is 3.15. The van der Waals surface area contributed by atoms with Crippen LogP contribution in [0.15, 0.2) is 59.6 Å². The number of halogens is 3. The third-order valence-electron chi connectivity index (χ3n) is 4.36. The summed E-state index contributed by atoms with van der Waals surface area (Å²) in [6, 6.07) is 10.1. The quantitative estimate of drug-likeness (QED) is 0.493. The van der Waals surface area contributed by atoms with Gasteiger partial charge in [-0.25, -0.2) is 13.4 Å². The monoisotopic (exact) mass is 496 g/mol. The lowest BCUT2D eigenvalue weighted by Gasteiger charge is -2.19. The maximum atomic E-state index is 12.8. The first-order chi connectivity index (χ1) is 15.9. The van der Waals surface area contributed by atoms with E-state index in [9.17, 15) is 26.4 Å². The van der Waals surface area contributed by atoms with Crippen LogP contribution in [0, 0.1) is 0 Å². The van der Waals surface area contributed by atoms with Crippen molar-refractivity contribution in [1.29, 1.82) is 0 Å². The third-order valence-corrected chi connectivity index (χ3v) is 5.53. The number of ether oxygens (including phenoxy) is 3. The van der Waals surface area contributed by atoms with Crippen molar-refractivity contribution < 1.29 is 40.6 Å². The summed E-state index contributed by atoms with van der Waals surface area (Å²) in [6.45, 7) is 1.92.